The zero-order valence-electron chi connectivity index (χ0n) is 12.9. The molecule has 0 radical (unpaired) electrons. The zero-order valence-corrected chi connectivity index (χ0v) is 12.9. The lowest BCUT2D eigenvalue weighted by Gasteiger charge is -2.35. The van der Waals surface area contributed by atoms with E-state index in [0.717, 1.165) is 50.0 Å². The summed E-state index contributed by atoms with van der Waals surface area (Å²) in [4.78, 5) is 14.9. The van der Waals surface area contributed by atoms with Crippen LogP contribution in [0.5, 0.6) is 0 Å². The van der Waals surface area contributed by atoms with Gasteiger partial charge in [-0.3, -0.25) is 4.79 Å². The normalized spacial score (nSPS) is 18.9. The summed E-state index contributed by atoms with van der Waals surface area (Å²) in [6.45, 7) is 9.08. The summed E-state index contributed by atoms with van der Waals surface area (Å²) in [6, 6.07) is 6.45. The lowest BCUT2D eigenvalue weighted by atomic mass is 10.0. The van der Waals surface area contributed by atoms with Crippen molar-refractivity contribution in [1.82, 2.24) is 10.2 Å². The molecule has 1 amide bonds. The number of hydrogen-bond acceptors (Lipinski definition) is 2. The topological polar surface area (TPSA) is 32.3 Å². The van der Waals surface area contributed by atoms with E-state index in [1.165, 1.54) is 5.56 Å². The van der Waals surface area contributed by atoms with E-state index >= 15 is 0 Å². The van der Waals surface area contributed by atoms with Crippen molar-refractivity contribution in [3.8, 4) is 0 Å². The van der Waals surface area contributed by atoms with Crippen LogP contribution >= 0.6 is 0 Å². The SMILES string of the molecule is CCCN(C(=O)c1ccc(C)cc1C)C1CCCNC1. The minimum absolute atomic E-state index is 0.193. The van der Waals surface area contributed by atoms with Crippen molar-refractivity contribution in [1.29, 1.82) is 0 Å². The first-order chi connectivity index (χ1) is 9.63. The summed E-state index contributed by atoms with van der Waals surface area (Å²) in [7, 11) is 0. The molecule has 3 nitrogen and oxygen atoms in total. The lowest BCUT2D eigenvalue weighted by molar-refractivity contribution is 0.0648. The first kappa shape index (κ1) is 15.0. The second-order valence-electron chi connectivity index (χ2n) is 5.82. The van der Waals surface area contributed by atoms with Crippen LogP contribution in [0.25, 0.3) is 0 Å². The largest absolute Gasteiger partial charge is 0.334 e. The quantitative estimate of drug-likeness (QED) is 0.915. The Morgan fingerprint density at radius 2 is 2.20 bits per heavy atom. The van der Waals surface area contributed by atoms with Gasteiger partial charge in [0.2, 0.25) is 0 Å². The molecule has 0 saturated carbocycles. The molecule has 1 aliphatic rings. The van der Waals surface area contributed by atoms with Gasteiger partial charge in [-0.15, -0.1) is 0 Å². The molecule has 20 heavy (non-hydrogen) atoms. The van der Waals surface area contributed by atoms with Gasteiger partial charge in [-0.05, 0) is 51.3 Å². The molecule has 1 unspecified atom stereocenters. The molecule has 3 heteroatoms. The standard InChI is InChI=1S/C17H26N2O/c1-4-10-19(15-6-5-9-18-12-15)17(20)16-8-7-13(2)11-14(16)3/h7-8,11,15,18H,4-6,9-10,12H2,1-3H3. The predicted octanol–water partition coefficient (Wildman–Crippen LogP) is 2.91. The van der Waals surface area contributed by atoms with Crippen molar-refractivity contribution in [3.63, 3.8) is 0 Å². The number of carbonyl (C=O) groups is 1. The van der Waals surface area contributed by atoms with Crippen LogP contribution in [0, 0.1) is 13.8 Å². The van der Waals surface area contributed by atoms with Crippen LogP contribution < -0.4 is 5.32 Å². The molecule has 0 bridgehead atoms. The van der Waals surface area contributed by atoms with E-state index in [9.17, 15) is 4.79 Å². The molecule has 0 aromatic heterocycles. The van der Waals surface area contributed by atoms with E-state index in [1.54, 1.807) is 0 Å². The van der Waals surface area contributed by atoms with Crippen LogP contribution in [0.1, 0.15) is 47.7 Å². The number of aryl methyl sites for hydroxylation is 2. The van der Waals surface area contributed by atoms with Crippen molar-refractivity contribution in [2.45, 2.75) is 46.1 Å². The second kappa shape index (κ2) is 6.89. The minimum atomic E-state index is 0.193. The maximum absolute atomic E-state index is 12.9. The third-order valence-electron chi connectivity index (χ3n) is 4.05. The van der Waals surface area contributed by atoms with Gasteiger partial charge in [0.05, 0.1) is 0 Å². The maximum Gasteiger partial charge on any atom is 0.254 e. The minimum Gasteiger partial charge on any atom is -0.334 e. The highest BCUT2D eigenvalue weighted by Gasteiger charge is 2.26. The molecule has 0 aliphatic carbocycles. The summed E-state index contributed by atoms with van der Waals surface area (Å²) in [5.74, 6) is 0.193. The van der Waals surface area contributed by atoms with Crippen LogP contribution in [0.2, 0.25) is 0 Å². The van der Waals surface area contributed by atoms with Crippen molar-refractivity contribution >= 4 is 5.91 Å². The highest BCUT2D eigenvalue weighted by Crippen LogP contribution is 2.18. The third kappa shape index (κ3) is 3.40. The number of rotatable bonds is 4. The van der Waals surface area contributed by atoms with E-state index < -0.39 is 0 Å². The first-order valence-corrected chi connectivity index (χ1v) is 7.72. The number of nitrogens with one attached hydrogen (secondary N) is 1. The van der Waals surface area contributed by atoms with Gasteiger partial charge in [-0.1, -0.05) is 24.6 Å². The van der Waals surface area contributed by atoms with Crippen LogP contribution in [-0.2, 0) is 0 Å². The smallest absolute Gasteiger partial charge is 0.254 e. The zero-order chi connectivity index (χ0) is 14.5. The molecule has 0 spiro atoms. The molecular formula is C17H26N2O. The van der Waals surface area contributed by atoms with Gasteiger partial charge in [0.1, 0.15) is 0 Å². The van der Waals surface area contributed by atoms with E-state index in [1.807, 2.05) is 19.1 Å². The fourth-order valence-corrected chi connectivity index (χ4v) is 3.00. The van der Waals surface area contributed by atoms with Crippen LogP contribution in [-0.4, -0.2) is 36.5 Å². The molecule has 1 aromatic carbocycles. The van der Waals surface area contributed by atoms with Crippen LogP contribution in [0.4, 0.5) is 0 Å². The Hall–Kier alpha value is -1.35. The monoisotopic (exact) mass is 274 g/mol. The Labute approximate surface area is 122 Å². The summed E-state index contributed by atoms with van der Waals surface area (Å²) in [5, 5.41) is 3.41. The van der Waals surface area contributed by atoms with Crippen molar-refractivity contribution in [2.75, 3.05) is 19.6 Å². The third-order valence-corrected chi connectivity index (χ3v) is 4.05. The molecular weight excluding hydrogens is 248 g/mol. The number of carbonyl (C=O) groups excluding carboxylic acids is 1. The summed E-state index contributed by atoms with van der Waals surface area (Å²) < 4.78 is 0. The van der Waals surface area contributed by atoms with Gasteiger partial charge in [-0.25, -0.2) is 0 Å². The first-order valence-electron chi connectivity index (χ1n) is 7.72. The molecule has 1 atom stereocenters. The Balaban J connectivity index is 2.21. The van der Waals surface area contributed by atoms with E-state index in [4.69, 9.17) is 0 Å². The molecule has 1 fully saturated rings. The highest BCUT2D eigenvalue weighted by molar-refractivity contribution is 5.96. The highest BCUT2D eigenvalue weighted by atomic mass is 16.2. The molecule has 1 N–H and O–H groups in total. The molecule has 110 valence electrons. The fourth-order valence-electron chi connectivity index (χ4n) is 3.00. The van der Waals surface area contributed by atoms with E-state index in [0.29, 0.717) is 6.04 Å². The Morgan fingerprint density at radius 1 is 1.40 bits per heavy atom. The van der Waals surface area contributed by atoms with E-state index in [-0.39, 0.29) is 5.91 Å². The van der Waals surface area contributed by atoms with Crippen molar-refractivity contribution in [3.05, 3.63) is 34.9 Å². The number of piperidine rings is 1. The summed E-state index contributed by atoms with van der Waals surface area (Å²) >= 11 is 0. The van der Waals surface area contributed by atoms with Gasteiger partial charge in [0, 0.05) is 24.7 Å². The van der Waals surface area contributed by atoms with E-state index in [2.05, 4.69) is 30.1 Å². The summed E-state index contributed by atoms with van der Waals surface area (Å²) in [6.07, 6.45) is 3.28. The molecule has 1 saturated heterocycles. The summed E-state index contributed by atoms with van der Waals surface area (Å²) in [5.41, 5.74) is 3.15. The predicted molar refractivity (Wildman–Crippen MR) is 83.1 cm³/mol. The fraction of sp³-hybridized carbons (Fsp3) is 0.588. The molecule has 2 rings (SSSR count). The molecule has 1 aromatic rings. The second-order valence-corrected chi connectivity index (χ2v) is 5.82. The van der Waals surface area contributed by atoms with Crippen LogP contribution in [0.15, 0.2) is 18.2 Å². The van der Waals surface area contributed by atoms with Gasteiger partial charge >= 0.3 is 0 Å². The average molecular weight is 274 g/mol. The number of amides is 1. The van der Waals surface area contributed by atoms with Crippen molar-refractivity contribution < 1.29 is 4.79 Å². The molecule has 1 heterocycles. The maximum atomic E-state index is 12.9. The van der Waals surface area contributed by atoms with Crippen molar-refractivity contribution in [2.24, 2.45) is 0 Å². The Bertz CT molecular complexity index is 464. The van der Waals surface area contributed by atoms with Gasteiger partial charge in [-0.2, -0.15) is 0 Å². The average Bonchev–Trinajstić information content (AvgIpc) is 2.45. The lowest BCUT2D eigenvalue weighted by Crippen LogP contribution is -2.49. The Morgan fingerprint density at radius 3 is 2.80 bits per heavy atom. The number of hydrogen-bond donors (Lipinski definition) is 1. The number of nitrogens with zero attached hydrogens (tertiary/aromatic N) is 1. The van der Waals surface area contributed by atoms with Gasteiger partial charge < -0.3 is 10.2 Å². The van der Waals surface area contributed by atoms with Gasteiger partial charge in [0.25, 0.3) is 5.91 Å². The molecule has 1 aliphatic heterocycles. The van der Waals surface area contributed by atoms with Gasteiger partial charge in [0.15, 0.2) is 0 Å². The van der Waals surface area contributed by atoms with Crippen LogP contribution in [0.3, 0.4) is 0 Å². The Kier molecular flexibility index (Phi) is 5.18. The number of benzene rings is 1.